The number of halogens is 1. The summed E-state index contributed by atoms with van der Waals surface area (Å²) in [6, 6.07) is 11.7. The van der Waals surface area contributed by atoms with Gasteiger partial charge in [0.05, 0.1) is 9.17 Å². The first kappa shape index (κ1) is 13.8. The van der Waals surface area contributed by atoms with E-state index in [2.05, 4.69) is 15.9 Å². The topological polar surface area (TPSA) is 65.7 Å². The molecule has 0 saturated carbocycles. The number of fused-ring (bicyclic) bond motifs is 1. The fourth-order valence-electron chi connectivity index (χ4n) is 1.65. The fraction of sp³-hybridized carbons (Fsp3) is 0. The van der Waals surface area contributed by atoms with E-state index in [0.717, 1.165) is 11.3 Å². The molecule has 106 valence electrons. The molecule has 0 N–H and O–H groups in total. The van der Waals surface area contributed by atoms with Crippen LogP contribution in [0.15, 0.2) is 56.1 Å². The van der Waals surface area contributed by atoms with Gasteiger partial charge in [0, 0.05) is 12.1 Å². The molecule has 0 aliphatic heterocycles. The first-order valence-corrected chi connectivity index (χ1v) is 7.41. The zero-order valence-corrected chi connectivity index (χ0v) is 12.8. The van der Waals surface area contributed by atoms with Gasteiger partial charge in [-0.3, -0.25) is 0 Å². The molecule has 0 fully saturated rings. The second kappa shape index (κ2) is 5.71. The van der Waals surface area contributed by atoms with Crippen molar-refractivity contribution in [3.63, 3.8) is 0 Å². The van der Waals surface area contributed by atoms with Crippen LogP contribution in [0.2, 0.25) is 0 Å². The molecule has 0 spiro atoms. The zero-order chi connectivity index (χ0) is 14.8. The highest BCUT2D eigenvalue weighted by atomic mass is 79.9. The number of carbonyl (C=O) groups excluding carboxylic acids is 1. The normalized spacial score (nSPS) is 10.5. The van der Waals surface area contributed by atoms with Crippen molar-refractivity contribution in [3.05, 3.63) is 56.7 Å². The molecule has 0 amide bonds. The van der Waals surface area contributed by atoms with Crippen LogP contribution in [0, 0.1) is 0 Å². The quantitative estimate of drug-likeness (QED) is 0.502. The van der Waals surface area contributed by atoms with Crippen LogP contribution in [0.1, 0.15) is 0 Å². The molecule has 1 aromatic heterocycles. The largest absolute Gasteiger partial charge is 0.519 e. The van der Waals surface area contributed by atoms with Crippen molar-refractivity contribution < 1.29 is 18.7 Å². The van der Waals surface area contributed by atoms with Crippen LogP contribution in [0.3, 0.4) is 0 Å². The summed E-state index contributed by atoms with van der Waals surface area (Å²) in [5.41, 5.74) is 0.431. The Hall–Kier alpha value is -2.12. The SMILES string of the molecule is O=C(Oc1ccccc1)Oc1cc2sc(=O)oc2cc1Br. The van der Waals surface area contributed by atoms with E-state index >= 15 is 0 Å². The summed E-state index contributed by atoms with van der Waals surface area (Å²) in [5, 5.41) is 0. The smallest absolute Gasteiger partial charge is 0.414 e. The minimum absolute atomic E-state index is 0.250. The maximum Gasteiger partial charge on any atom is 0.519 e. The summed E-state index contributed by atoms with van der Waals surface area (Å²) in [6.07, 6.45) is -0.864. The van der Waals surface area contributed by atoms with Crippen LogP contribution in [0.25, 0.3) is 10.3 Å². The van der Waals surface area contributed by atoms with Gasteiger partial charge in [0.1, 0.15) is 11.5 Å². The van der Waals surface area contributed by atoms with Crippen LogP contribution in [-0.4, -0.2) is 6.16 Å². The first-order valence-electron chi connectivity index (χ1n) is 5.80. The molecule has 0 saturated heterocycles. The summed E-state index contributed by atoms with van der Waals surface area (Å²) in [4.78, 5) is 22.5. The predicted octanol–water partition coefficient (Wildman–Crippen LogP) is 4.19. The van der Waals surface area contributed by atoms with Gasteiger partial charge >= 0.3 is 11.1 Å². The predicted molar refractivity (Wildman–Crippen MR) is 81.2 cm³/mol. The molecule has 0 atom stereocenters. The Kier molecular flexibility index (Phi) is 3.76. The van der Waals surface area contributed by atoms with Crippen molar-refractivity contribution in [1.29, 1.82) is 0 Å². The van der Waals surface area contributed by atoms with Gasteiger partial charge in [0.2, 0.25) is 0 Å². The van der Waals surface area contributed by atoms with Crippen LogP contribution >= 0.6 is 27.3 Å². The summed E-state index contributed by atoms with van der Waals surface area (Å²) in [7, 11) is 0. The van der Waals surface area contributed by atoms with Gasteiger partial charge in [0.15, 0.2) is 5.58 Å². The van der Waals surface area contributed by atoms with Crippen molar-refractivity contribution in [3.8, 4) is 11.5 Å². The Morgan fingerprint density at radius 1 is 1.14 bits per heavy atom. The molecule has 0 unspecified atom stereocenters. The molecule has 0 radical (unpaired) electrons. The molecular weight excluding hydrogens is 360 g/mol. The van der Waals surface area contributed by atoms with Gasteiger partial charge in [-0.25, -0.2) is 9.59 Å². The highest BCUT2D eigenvalue weighted by Crippen LogP contribution is 2.32. The van der Waals surface area contributed by atoms with E-state index in [9.17, 15) is 9.59 Å². The lowest BCUT2D eigenvalue weighted by Crippen LogP contribution is -2.13. The zero-order valence-electron chi connectivity index (χ0n) is 10.4. The number of benzene rings is 2. The highest BCUT2D eigenvalue weighted by Gasteiger charge is 2.14. The average molecular weight is 367 g/mol. The van der Waals surface area contributed by atoms with Crippen LogP contribution in [-0.2, 0) is 0 Å². The van der Waals surface area contributed by atoms with Gasteiger partial charge in [-0.2, -0.15) is 0 Å². The molecule has 0 aliphatic carbocycles. The third-order valence-corrected chi connectivity index (χ3v) is 3.93. The van der Waals surface area contributed by atoms with Gasteiger partial charge in [-0.15, -0.1) is 0 Å². The lowest BCUT2D eigenvalue weighted by atomic mass is 10.3. The van der Waals surface area contributed by atoms with Gasteiger partial charge < -0.3 is 13.9 Å². The lowest BCUT2D eigenvalue weighted by molar-refractivity contribution is 0.151. The van der Waals surface area contributed by atoms with Crippen molar-refractivity contribution in [2.45, 2.75) is 0 Å². The number of hydrogen-bond acceptors (Lipinski definition) is 6. The molecule has 3 aromatic rings. The fourth-order valence-corrected chi connectivity index (χ4v) is 2.73. The van der Waals surface area contributed by atoms with Crippen molar-refractivity contribution in [2.24, 2.45) is 0 Å². The molecule has 21 heavy (non-hydrogen) atoms. The molecule has 0 bridgehead atoms. The van der Waals surface area contributed by atoms with Gasteiger partial charge in [-0.05, 0) is 28.1 Å². The maximum atomic E-state index is 11.7. The Morgan fingerprint density at radius 3 is 2.67 bits per heavy atom. The monoisotopic (exact) mass is 366 g/mol. The maximum absolute atomic E-state index is 11.7. The average Bonchev–Trinajstić information content (AvgIpc) is 2.79. The second-order valence-corrected chi connectivity index (χ2v) is 5.78. The number of para-hydroxylation sites is 1. The van der Waals surface area contributed by atoms with E-state index in [0.29, 0.717) is 20.5 Å². The Balaban J connectivity index is 1.82. The molecular formula is C14H7BrO5S. The summed E-state index contributed by atoms with van der Waals surface area (Å²) < 4.78 is 16.2. The number of rotatable bonds is 2. The Morgan fingerprint density at radius 2 is 1.90 bits per heavy atom. The highest BCUT2D eigenvalue weighted by molar-refractivity contribution is 9.10. The van der Waals surface area contributed by atoms with Crippen molar-refractivity contribution in [1.82, 2.24) is 0 Å². The molecule has 2 aromatic carbocycles. The van der Waals surface area contributed by atoms with Crippen LogP contribution in [0.5, 0.6) is 11.5 Å². The van der Waals surface area contributed by atoms with Crippen LogP contribution in [0.4, 0.5) is 4.79 Å². The third-order valence-electron chi connectivity index (χ3n) is 2.52. The van der Waals surface area contributed by atoms with E-state index in [-0.39, 0.29) is 5.75 Å². The van der Waals surface area contributed by atoms with E-state index in [1.165, 1.54) is 0 Å². The Labute approximate surface area is 130 Å². The number of carbonyl (C=O) groups is 1. The molecule has 0 aliphatic rings. The van der Waals surface area contributed by atoms with E-state index in [1.807, 2.05) is 6.07 Å². The molecule has 5 nitrogen and oxygen atoms in total. The molecule has 3 rings (SSSR count). The minimum atomic E-state index is -0.864. The Bertz CT molecular complexity index is 853. The summed E-state index contributed by atoms with van der Waals surface area (Å²) in [5.74, 6) is 0.633. The van der Waals surface area contributed by atoms with E-state index in [4.69, 9.17) is 13.9 Å². The molecule has 1 heterocycles. The van der Waals surface area contributed by atoms with Crippen molar-refractivity contribution in [2.75, 3.05) is 0 Å². The van der Waals surface area contributed by atoms with E-state index in [1.54, 1.807) is 36.4 Å². The lowest BCUT2D eigenvalue weighted by Gasteiger charge is -2.06. The van der Waals surface area contributed by atoms with Gasteiger partial charge in [0.25, 0.3) is 0 Å². The van der Waals surface area contributed by atoms with Gasteiger partial charge in [-0.1, -0.05) is 29.5 Å². The first-order chi connectivity index (χ1) is 10.1. The van der Waals surface area contributed by atoms with E-state index < -0.39 is 11.1 Å². The van der Waals surface area contributed by atoms with Crippen molar-refractivity contribution >= 4 is 43.7 Å². The third kappa shape index (κ3) is 3.14. The second-order valence-electron chi connectivity index (χ2n) is 3.95. The minimum Gasteiger partial charge on any atom is -0.414 e. The molecule has 7 heteroatoms. The van der Waals surface area contributed by atoms with Crippen LogP contribution < -0.4 is 14.4 Å². The standard InChI is InChI=1S/C14H7BrO5S/c15-9-6-11-12(21-14(17)20-11)7-10(9)19-13(16)18-8-4-2-1-3-5-8/h1-7H. The summed E-state index contributed by atoms with van der Waals surface area (Å²) >= 11 is 4.18. The number of hydrogen-bond donors (Lipinski definition) is 0. The summed E-state index contributed by atoms with van der Waals surface area (Å²) in [6.45, 7) is 0. The number of ether oxygens (including phenoxy) is 2.